The summed E-state index contributed by atoms with van der Waals surface area (Å²) in [7, 11) is 5.65. The van der Waals surface area contributed by atoms with E-state index in [1.807, 2.05) is 7.05 Å². The molecular weight excluding hydrogens is 240 g/mol. The first-order valence-electron chi connectivity index (χ1n) is 7.36. The predicted octanol–water partition coefficient (Wildman–Crippen LogP) is 1.31. The van der Waals surface area contributed by atoms with Gasteiger partial charge >= 0.3 is 0 Å². The minimum atomic E-state index is 0.779. The predicted molar refractivity (Wildman–Crippen MR) is 82.9 cm³/mol. The quantitative estimate of drug-likeness (QED) is 0.338. The third kappa shape index (κ3) is 12.0. The van der Waals surface area contributed by atoms with E-state index in [9.17, 15) is 0 Å². The Morgan fingerprint density at radius 1 is 1.11 bits per heavy atom. The number of methoxy groups -OCH3 is 1. The molecule has 0 aliphatic heterocycles. The SMILES string of the molecule is CCCCCCNC(=NC)NCCN(C)CCOC. The van der Waals surface area contributed by atoms with Gasteiger partial charge in [-0.05, 0) is 13.5 Å². The van der Waals surface area contributed by atoms with Crippen molar-refractivity contribution in [1.29, 1.82) is 0 Å². The zero-order valence-electron chi connectivity index (χ0n) is 13.2. The molecular formula is C14H32N4O. The molecule has 19 heavy (non-hydrogen) atoms. The van der Waals surface area contributed by atoms with Gasteiger partial charge in [-0.1, -0.05) is 26.2 Å². The van der Waals surface area contributed by atoms with Crippen LogP contribution in [0.25, 0.3) is 0 Å². The van der Waals surface area contributed by atoms with E-state index in [-0.39, 0.29) is 0 Å². The average Bonchev–Trinajstić information content (AvgIpc) is 2.42. The Morgan fingerprint density at radius 2 is 1.84 bits per heavy atom. The van der Waals surface area contributed by atoms with Gasteiger partial charge in [0.15, 0.2) is 5.96 Å². The van der Waals surface area contributed by atoms with Gasteiger partial charge in [0.2, 0.25) is 0 Å². The van der Waals surface area contributed by atoms with Crippen LogP contribution in [0, 0.1) is 0 Å². The van der Waals surface area contributed by atoms with Gasteiger partial charge in [-0.2, -0.15) is 0 Å². The molecule has 0 rings (SSSR count). The second kappa shape index (κ2) is 13.6. The maximum absolute atomic E-state index is 5.05. The second-order valence-corrected chi connectivity index (χ2v) is 4.78. The monoisotopic (exact) mass is 272 g/mol. The highest BCUT2D eigenvalue weighted by Gasteiger charge is 1.99. The molecule has 0 aromatic carbocycles. The lowest BCUT2D eigenvalue weighted by molar-refractivity contribution is 0.162. The first kappa shape index (κ1) is 18.2. The molecule has 0 aromatic heterocycles. The summed E-state index contributed by atoms with van der Waals surface area (Å²) >= 11 is 0. The van der Waals surface area contributed by atoms with E-state index in [0.29, 0.717) is 0 Å². The van der Waals surface area contributed by atoms with Crippen molar-refractivity contribution < 1.29 is 4.74 Å². The molecule has 0 aromatic rings. The summed E-state index contributed by atoms with van der Waals surface area (Å²) in [5.74, 6) is 0.900. The van der Waals surface area contributed by atoms with Crippen molar-refractivity contribution in [1.82, 2.24) is 15.5 Å². The maximum atomic E-state index is 5.05. The van der Waals surface area contributed by atoms with Crippen molar-refractivity contribution in [3.63, 3.8) is 0 Å². The van der Waals surface area contributed by atoms with Crippen LogP contribution < -0.4 is 10.6 Å². The van der Waals surface area contributed by atoms with E-state index in [2.05, 4.69) is 34.5 Å². The summed E-state index contributed by atoms with van der Waals surface area (Å²) < 4.78 is 5.05. The largest absolute Gasteiger partial charge is 0.383 e. The first-order chi connectivity index (χ1) is 9.24. The normalized spacial score (nSPS) is 11.9. The number of nitrogens with zero attached hydrogens (tertiary/aromatic N) is 2. The van der Waals surface area contributed by atoms with E-state index in [1.54, 1.807) is 7.11 Å². The number of hydrogen-bond acceptors (Lipinski definition) is 3. The van der Waals surface area contributed by atoms with E-state index in [0.717, 1.165) is 38.7 Å². The fourth-order valence-electron chi connectivity index (χ4n) is 1.70. The Hall–Kier alpha value is -0.810. The fourth-order valence-corrected chi connectivity index (χ4v) is 1.70. The van der Waals surface area contributed by atoms with Gasteiger partial charge in [0.05, 0.1) is 6.61 Å². The lowest BCUT2D eigenvalue weighted by Gasteiger charge is -2.17. The number of guanidine groups is 1. The van der Waals surface area contributed by atoms with Crippen LogP contribution >= 0.6 is 0 Å². The zero-order chi connectivity index (χ0) is 14.3. The van der Waals surface area contributed by atoms with Crippen LogP contribution in [0.1, 0.15) is 32.6 Å². The minimum Gasteiger partial charge on any atom is -0.383 e. The Balaban J connectivity index is 3.54. The van der Waals surface area contributed by atoms with Crippen molar-refractivity contribution in [3.05, 3.63) is 0 Å². The van der Waals surface area contributed by atoms with E-state index >= 15 is 0 Å². The van der Waals surface area contributed by atoms with Crippen molar-refractivity contribution in [3.8, 4) is 0 Å². The molecule has 0 saturated heterocycles. The van der Waals surface area contributed by atoms with Gasteiger partial charge < -0.3 is 20.3 Å². The standard InChI is InChI=1S/C14H32N4O/c1-5-6-7-8-9-16-14(15-2)17-10-11-18(3)12-13-19-4/h5-13H2,1-4H3,(H2,15,16,17). The Labute approximate surface area is 118 Å². The van der Waals surface area contributed by atoms with Crippen LogP contribution in [0.4, 0.5) is 0 Å². The summed E-state index contributed by atoms with van der Waals surface area (Å²) in [4.78, 5) is 6.46. The van der Waals surface area contributed by atoms with Crippen LogP contribution in [0.15, 0.2) is 4.99 Å². The Bertz CT molecular complexity index is 221. The minimum absolute atomic E-state index is 0.779. The highest BCUT2D eigenvalue weighted by Crippen LogP contribution is 1.96. The van der Waals surface area contributed by atoms with E-state index in [1.165, 1.54) is 25.7 Å². The highest BCUT2D eigenvalue weighted by molar-refractivity contribution is 5.79. The Morgan fingerprint density at radius 3 is 2.47 bits per heavy atom. The maximum Gasteiger partial charge on any atom is 0.191 e. The van der Waals surface area contributed by atoms with Gasteiger partial charge in [-0.25, -0.2) is 0 Å². The molecule has 0 aliphatic carbocycles. The van der Waals surface area contributed by atoms with Crippen molar-refractivity contribution >= 4 is 5.96 Å². The first-order valence-corrected chi connectivity index (χ1v) is 7.36. The molecule has 5 nitrogen and oxygen atoms in total. The molecule has 0 amide bonds. The van der Waals surface area contributed by atoms with E-state index in [4.69, 9.17) is 4.74 Å². The van der Waals surface area contributed by atoms with Crippen molar-refractivity contribution in [2.45, 2.75) is 32.6 Å². The van der Waals surface area contributed by atoms with Crippen molar-refractivity contribution in [2.24, 2.45) is 4.99 Å². The summed E-state index contributed by atoms with van der Waals surface area (Å²) in [6, 6.07) is 0. The molecule has 0 bridgehead atoms. The zero-order valence-corrected chi connectivity index (χ0v) is 13.2. The van der Waals surface area contributed by atoms with Crippen LogP contribution in [0.5, 0.6) is 0 Å². The molecule has 0 unspecified atom stereocenters. The summed E-state index contributed by atoms with van der Waals surface area (Å²) in [5.41, 5.74) is 0. The smallest absolute Gasteiger partial charge is 0.191 e. The van der Waals surface area contributed by atoms with Crippen LogP contribution in [0.3, 0.4) is 0 Å². The average molecular weight is 272 g/mol. The number of nitrogens with one attached hydrogen (secondary N) is 2. The van der Waals surface area contributed by atoms with Gasteiger partial charge in [-0.3, -0.25) is 4.99 Å². The van der Waals surface area contributed by atoms with Gasteiger partial charge in [0.25, 0.3) is 0 Å². The number of unbranched alkanes of at least 4 members (excludes halogenated alkanes) is 3. The molecule has 0 atom stereocenters. The number of rotatable bonds is 11. The fraction of sp³-hybridized carbons (Fsp3) is 0.929. The summed E-state index contributed by atoms with van der Waals surface area (Å²) in [6.07, 6.45) is 5.10. The molecule has 5 heteroatoms. The van der Waals surface area contributed by atoms with Crippen LogP contribution in [-0.2, 0) is 4.74 Å². The van der Waals surface area contributed by atoms with Crippen molar-refractivity contribution in [2.75, 3.05) is 54.0 Å². The lowest BCUT2D eigenvalue weighted by atomic mass is 10.2. The van der Waals surface area contributed by atoms with Gasteiger partial charge in [0.1, 0.15) is 0 Å². The Kier molecular flexibility index (Phi) is 13.0. The highest BCUT2D eigenvalue weighted by atomic mass is 16.5. The topological polar surface area (TPSA) is 48.9 Å². The van der Waals surface area contributed by atoms with Crippen LogP contribution in [-0.4, -0.2) is 64.9 Å². The number of ether oxygens (including phenoxy) is 1. The molecule has 114 valence electrons. The molecule has 0 saturated carbocycles. The molecule has 0 radical (unpaired) electrons. The molecule has 0 spiro atoms. The molecule has 0 fully saturated rings. The second-order valence-electron chi connectivity index (χ2n) is 4.78. The number of aliphatic imine (C=N–C) groups is 1. The summed E-state index contributed by atoms with van der Waals surface area (Å²) in [5, 5.41) is 6.66. The van der Waals surface area contributed by atoms with E-state index < -0.39 is 0 Å². The number of hydrogen-bond donors (Lipinski definition) is 2. The lowest BCUT2D eigenvalue weighted by Crippen LogP contribution is -2.41. The summed E-state index contributed by atoms with van der Waals surface area (Å²) in [6.45, 7) is 6.85. The molecule has 0 heterocycles. The molecule has 2 N–H and O–H groups in total. The van der Waals surface area contributed by atoms with Crippen LogP contribution in [0.2, 0.25) is 0 Å². The molecule has 0 aliphatic rings. The third-order valence-corrected chi connectivity index (χ3v) is 3.01. The van der Waals surface area contributed by atoms with Gasteiger partial charge in [-0.15, -0.1) is 0 Å². The van der Waals surface area contributed by atoms with Gasteiger partial charge in [0, 0.05) is 40.3 Å². The number of likely N-dealkylation sites (N-methyl/N-ethyl adjacent to an activating group) is 1. The third-order valence-electron chi connectivity index (χ3n) is 3.01.